The predicted octanol–water partition coefficient (Wildman–Crippen LogP) is 3.50. The van der Waals surface area contributed by atoms with Gasteiger partial charge in [-0.25, -0.2) is 4.79 Å². The van der Waals surface area contributed by atoms with Crippen LogP contribution >= 0.6 is 0 Å². The molecule has 0 radical (unpaired) electrons. The molecule has 0 heterocycles. The first-order chi connectivity index (χ1) is 11.4. The summed E-state index contributed by atoms with van der Waals surface area (Å²) < 4.78 is 10.5. The first kappa shape index (κ1) is 17.5. The van der Waals surface area contributed by atoms with Gasteiger partial charge in [-0.05, 0) is 44.5 Å². The molecule has 2 aromatic rings. The van der Waals surface area contributed by atoms with Crippen LogP contribution in [0, 0.1) is 13.8 Å². The van der Waals surface area contributed by atoms with Crippen LogP contribution in [0.3, 0.4) is 0 Å². The van der Waals surface area contributed by atoms with Crippen LogP contribution in [-0.2, 0) is 9.53 Å². The summed E-state index contributed by atoms with van der Waals surface area (Å²) in [6, 6.07) is 12.4. The number of amides is 1. The van der Waals surface area contributed by atoms with E-state index in [2.05, 4.69) is 5.32 Å². The van der Waals surface area contributed by atoms with Crippen LogP contribution < -0.4 is 10.1 Å². The van der Waals surface area contributed by atoms with Crippen LogP contribution in [0.5, 0.6) is 5.75 Å². The molecule has 0 saturated carbocycles. The number of ether oxygens (including phenoxy) is 2. The zero-order chi connectivity index (χ0) is 17.7. The van der Waals surface area contributed by atoms with Crippen LogP contribution in [0.1, 0.15) is 28.4 Å². The molecule has 2 rings (SSSR count). The van der Waals surface area contributed by atoms with Gasteiger partial charge in [0.1, 0.15) is 5.75 Å². The van der Waals surface area contributed by atoms with Gasteiger partial charge in [0, 0.05) is 0 Å². The summed E-state index contributed by atoms with van der Waals surface area (Å²) in [7, 11) is 1.30. The molecule has 0 fully saturated rings. The molecule has 0 aliphatic carbocycles. The Labute approximate surface area is 141 Å². The normalized spacial score (nSPS) is 11.5. The molecular formula is C19H21NO4. The van der Waals surface area contributed by atoms with Crippen molar-refractivity contribution in [1.82, 2.24) is 0 Å². The summed E-state index contributed by atoms with van der Waals surface area (Å²) in [5.74, 6) is -0.190. The van der Waals surface area contributed by atoms with Crippen molar-refractivity contribution in [3.05, 3.63) is 59.2 Å². The van der Waals surface area contributed by atoms with Gasteiger partial charge in [0.05, 0.1) is 18.4 Å². The quantitative estimate of drug-likeness (QED) is 0.854. The zero-order valence-corrected chi connectivity index (χ0v) is 14.3. The maximum atomic E-state index is 12.4. The van der Waals surface area contributed by atoms with Crippen molar-refractivity contribution in [2.75, 3.05) is 12.4 Å². The van der Waals surface area contributed by atoms with Crippen molar-refractivity contribution in [3.8, 4) is 5.75 Å². The van der Waals surface area contributed by atoms with E-state index in [4.69, 9.17) is 9.47 Å². The molecule has 5 nitrogen and oxygen atoms in total. The second-order valence-electron chi connectivity index (χ2n) is 5.56. The van der Waals surface area contributed by atoms with E-state index in [1.165, 1.54) is 7.11 Å². The predicted molar refractivity (Wildman–Crippen MR) is 92.4 cm³/mol. The van der Waals surface area contributed by atoms with Crippen LogP contribution in [0.25, 0.3) is 0 Å². The molecule has 5 heteroatoms. The fraction of sp³-hybridized carbons (Fsp3) is 0.263. The molecule has 0 unspecified atom stereocenters. The van der Waals surface area contributed by atoms with Crippen molar-refractivity contribution in [1.29, 1.82) is 0 Å². The highest BCUT2D eigenvalue weighted by molar-refractivity contribution is 6.02. The Bertz CT molecular complexity index is 755. The van der Waals surface area contributed by atoms with Crippen molar-refractivity contribution >= 4 is 17.6 Å². The number of benzene rings is 2. The number of carbonyl (C=O) groups excluding carboxylic acids is 2. The molecule has 0 aromatic heterocycles. The van der Waals surface area contributed by atoms with Gasteiger partial charge in [0.15, 0.2) is 6.10 Å². The maximum absolute atomic E-state index is 12.4. The van der Waals surface area contributed by atoms with Gasteiger partial charge >= 0.3 is 5.97 Å². The highest BCUT2D eigenvalue weighted by atomic mass is 16.5. The fourth-order valence-electron chi connectivity index (χ4n) is 2.29. The minimum absolute atomic E-state index is 0.298. The van der Waals surface area contributed by atoms with Crippen molar-refractivity contribution < 1.29 is 19.1 Å². The Morgan fingerprint density at radius 2 is 1.79 bits per heavy atom. The third kappa shape index (κ3) is 4.13. The van der Waals surface area contributed by atoms with Crippen LogP contribution in [0.4, 0.5) is 5.69 Å². The number of para-hydroxylation sites is 1. The number of anilines is 1. The molecule has 24 heavy (non-hydrogen) atoms. The van der Waals surface area contributed by atoms with E-state index in [-0.39, 0.29) is 5.91 Å². The lowest BCUT2D eigenvalue weighted by atomic mass is 10.1. The van der Waals surface area contributed by atoms with Gasteiger partial charge in [-0.15, -0.1) is 0 Å². The lowest BCUT2D eigenvalue weighted by Crippen LogP contribution is -2.31. The summed E-state index contributed by atoms with van der Waals surface area (Å²) in [5, 5.41) is 2.71. The number of aryl methyl sites for hydroxylation is 2. The molecule has 1 amide bonds. The number of hydrogen-bond donors (Lipinski definition) is 1. The Kier molecular flexibility index (Phi) is 5.58. The number of hydrogen-bond acceptors (Lipinski definition) is 4. The smallest absolute Gasteiger partial charge is 0.339 e. The number of carbonyl (C=O) groups is 2. The maximum Gasteiger partial charge on any atom is 0.339 e. The van der Waals surface area contributed by atoms with Gasteiger partial charge in [0.2, 0.25) is 0 Å². The van der Waals surface area contributed by atoms with Crippen LogP contribution in [0.15, 0.2) is 42.5 Å². The Hall–Kier alpha value is -2.82. The Morgan fingerprint density at radius 1 is 1.08 bits per heavy atom. The standard InChI is InChI=1S/C19H21NO4/c1-12-9-10-17(13(2)11-12)24-14(3)18(21)20-16-8-6-5-7-15(16)19(22)23-4/h5-11,14H,1-4H3,(H,20,21)/t14-/m0/s1. The molecule has 0 bridgehead atoms. The third-order valence-corrected chi connectivity index (χ3v) is 3.59. The molecule has 2 aromatic carbocycles. The molecular weight excluding hydrogens is 306 g/mol. The Balaban J connectivity index is 2.11. The highest BCUT2D eigenvalue weighted by Crippen LogP contribution is 2.21. The first-order valence-electron chi connectivity index (χ1n) is 7.64. The van der Waals surface area contributed by atoms with Crippen LogP contribution in [0.2, 0.25) is 0 Å². The lowest BCUT2D eigenvalue weighted by Gasteiger charge is -2.17. The van der Waals surface area contributed by atoms with E-state index >= 15 is 0 Å². The largest absolute Gasteiger partial charge is 0.481 e. The van der Waals surface area contributed by atoms with Gasteiger partial charge in [0.25, 0.3) is 5.91 Å². The number of nitrogens with one attached hydrogen (secondary N) is 1. The summed E-state index contributed by atoms with van der Waals surface area (Å²) in [6.45, 7) is 5.59. The van der Waals surface area contributed by atoms with E-state index in [9.17, 15) is 9.59 Å². The van der Waals surface area contributed by atoms with E-state index in [1.807, 2.05) is 32.0 Å². The van der Waals surface area contributed by atoms with E-state index in [0.717, 1.165) is 11.1 Å². The molecule has 0 aliphatic heterocycles. The number of rotatable bonds is 5. The second kappa shape index (κ2) is 7.64. The van der Waals surface area contributed by atoms with E-state index in [0.29, 0.717) is 17.0 Å². The minimum Gasteiger partial charge on any atom is -0.481 e. The summed E-state index contributed by atoms with van der Waals surface area (Å²) in [5.41, 5.74) is 2.78. The van der Waals surface area contributed by atoms with Gasteiger partial charge in [-0.1, -0.05) is 29.8 Å². The van der Waals surface area contributed by atoms with Gasteiger partial charge in [-0.2, -0.15) is 0 Å². The van der Waals surface area contributed by atoms with E-state index < -0.39 is 12.1 Å². The van der Waals surface area contributed by atoms with Crippen LogP contribution in [-0.4, -0.2) is 25.1 Å². The minimum atomic E-state index is -0.711. The van der Waals surface area contributed by atoms with Crippen molar-refractivity contribution in [2.24, 2.45) is 0 Å². The molecule has 126 valence electrons. The molecule has 1 atom stereocenters. The Morgan fingerprint density at radius 3 is 2.46 bits per heavy atom. The summed E-state index contributed by atoms with van der Waals surface area (Å²) >= 11 is 0. The average molecular weight is 327 g/mol. The first-order valence-corrected chi connectivity index (χ1v) is 7.64. The topological polar surface area (TPSA) is 64.6 Å². The summed E-state index contributed by atoms with van der Waals surface area (Å²) in [6.07, 6.45) is -0.711. The summed E-state index contributed by atoms with van der Waals surface area (Å²) in [4.78, 5) is 24.1. The second-order valence-corrected chi connectivity index (χ2v) is 5.56. The molecule has 1 N–H and O–H groups in total. The monoisotopic (exact) mass is 327 g/mol. The van der Waals surface area contributed by atoms with Gasteiger partial charge < -0.3 is 14.8 Å². The lowest BCUT2D eigenvalue weighted by molar-refractivity contribution is -0.122. The van der Waals surface area contributed by atoms with E-state index in [1.54, 1.807) is 31.2 Å². The third-order valence-electron chi connectivity index (χ3n) is 3.59. The average Bonchev–Trinajstić information content (AvgIpc) is 2.57. The molecule has 0 aliphatic rings. The number of methoxy groups -OCH3 is 1. The number of esters is 1. The van der Waals surface area contributed by atoms with Crippen molar-refractivity contribution in [2.45, 2.75) is 26.9 Å². The SMILES string of the molecule is COC(=O)c1ccccc1NC(=O)[C@H](C)Oc1ccc(C)cc1C. The molecule has 0 spiro atoms. The fourth-order valence-corrected chi connectivity index (χ4v) is 2.29. The molecule has 0 saturated heterocycles. The van der Waals surface area contributed by atoms with Crippen molar-refractivity contribution in [3.63, 3.8) is 0 Å². The highest BCUT2D eigenvalue weighted by Gasteiger charge is 2.19. The van der Waals surface area contributed by atoms with Gasteiger partial charge in [-0.3, -0.25) is 4.79 Å². The zero-order valence-electron chi connectivity index (χ0n) is 14.3.